The molecule has 0 radical (unpaired) electrons. The molecule has 0 N–H and O–H groups in total. The molecule has 3 atom stereocenters. The highest BCUT2D eigenvalue weighted by Gasteiger charge is 2.56. The molecule has 57 heavy (non-hydrogen) atoms. The molecule has 4 aromatic rings. The molecule has 300 valence electrons. The van der Waals surface area contributed by atoms with Crippen LogP contribution in [-0.4, -0.2) is 79.5 Å². The Balaban J connectivity index is 1.54. The molecule has 2 aliphatic rings. The molecule has 0 spiro atoms. The van der Waals surface area contributed by atoms with Gasteiger partial charge in [0.2, 0.25) is 5.91 Å². The first kappa shape index (κ1) is 42.4. The molecule has 1 unspecified atom stereocenters. The van der Waals surface area contributed by atoms with E-state index in [1.807, 2.05) is 85.8 Å². The lowest BCUT2D eigenvalue weighted by Gasteiger charge is -2.53. The third kappa shape index (κ3) is 8.96. The van der Waals surface area contributed by atoms with Gasteiger partial charge in [0, 0.05) is 44.9 Å². The van der Waals surface area contributed by atoms with Gasteiger partial charge in [0.05, 0.1) is 36.7 Å². The van der Waals surface area contributed by atoms with Crippen LogP contribution < -0.4 is 15.9 Å². The Morgan fingerprint density at radius 2 is 1.37 bits per heavy atom. The van der Waals surface area contributed by atoms with Crippen LogP contribution >= 0.6 is 6.89 Å². The summed E-state index contributed by atoms with van der Waals surface area (Å²) in [6.45, 7) is 17.8. The predicted octanol–water partition coefficient (Wildman–Crippen LogP) is 7.99. The van der Waals surface area contributed by atoms with Crippen LogP contribution in [0.2, 0.25) is 18.1 Å². The van der Waals surface area contributed by atoms with Gasteiger partial charge >= 0.3 is 0 Å². The lowest BCUT2D eigenvalue weighted by atomic mass is 9.79. The molecular weight excluding hydrogens is 744 g/mol. The van der Waals surface area contributed by atoms with Gasteiger partial charge < -0.3 is 14.1 Å². The van der Waals surface area contributed by atoms with Crippen molar-refractivity contribution in [1.29, 1.82) is 0 Å². The number of carbonyl (C=O) groups is 3. The molecule has 9 heteroatoms. The quantitative estimate of drug-likeness (QED) is 0.0376. The largest absolute Gasteiger partial charge is 0.413 e. The number of carbonyl (C=O) groups excluding carboxylic acids is 3. The zero-order valence-electron chi connectivity index (χ0n) is 34.5. The van der Waals surface area contributed by atoms with Gasteiger partial charge in [-0.05, 0) is 53.0 Å². The summed E-state index contributed by atoms with van der Waals surface area (Å²) in [5.41, 5.74) is 2.19. The van der Waals surface area contributed by atoms with Gasteiger partial charge in [0.25, 0.3) is 0 Å². The standard InChI is InChI=1S/C48H59N2O5PSi/c1-8-9-25-43(51)47(56(39-19-13-10-14-20-39,40-21-15-11-16-22-40)41-23-17-12-18-24-41)50-42(45(46(50)53)36(2)55-57(6,7)48(3,4)5)34-44(52)38-28-26-37(27-29-38)35-49-30-32-54-33-31-49/h8,10-24,26-29,36,42,45H,1,9,25,30-35H2,2-7H3/t36?,42-,45-/m1/s1. The fourth-order valence-electron chi connectivity index (χ4n) is 7.99. The van der Waals surface area contributed by atoms with Crippen molar-refractivity contribution in [1.82, 2.24) is 9.80 Å². The average Bonchev–Trinajstić information content (AvgIpc) is 3.21. The van der Waals surface area contributed by atoms with E-state index >= 15 is 9.59 Å². The van der Waals surface area contributed by atoms with Crippen molar-refractivity contribution in [2.24, 2.45) is 5.92 Å². The topological polar surface area (TPSA) is 76.2 Å². The van der Waals surface area contributed by atoms with E-state index in [0.29, 0.717) is 17.4 Å². The number of hydrogen-bond donors (Lipinski definition) is 0. The van der Waals surface area contributed by atoms with E-state index in [-0.39, 0.29) is 35.4 Å². The lowest BCUT2D eigenvalue weighted by Crippen LogP contribution is -2.69. The van der Waals surface area contributed by atoms with Crippen LogP contribution in [0, 0.1) is 5.92 Å². The van der Waals surface area contributed by atoms with Gasteiger partial charge in [-0.1, -0.05) is 142 Å². The Morgan fingerprint density at radius 3 is 1.84 bits per heavy atom. The number of ether oxygens (including phenoxy) is 1. The minimum absolute atomic E-state index is 0.0566. The fraction of sp³-hybridized carbons (Fsp3) is 0.375. The fourth-order valence-corrected chi connectivity index (χ4v) is 14.0. The number of allylic oxidation sites excluding steroid dienone is 1. The first-order valence-corrected chi connectivity index (χ1v) is 25.0. The van der Waals surface area contributed by atoms with Crippen molar-refractivity contribution < 1.29 is 23.5 Å². The second kappa shape index (κ2) is 18.2. The van der Waals surface area contributed by atoms with Crippen molar-refractivity contribution >= 4 is 54.0 Å². The third-order valence-electron chi connectivity index (χ3n) is 12.0. The minimum Gasteiger partial charge on any atom is -0.413 e. The smallest absolute Gasteiger partial charge is 0.235 e. The van der Waals surface area contributed by atoms with Crippen LogP contribution in [0.3, 0.4) is 0 Å². The Morgan fingerprint density at radius 1 is 0.860 bits per heavy atom. The molecule has 2 fully saturated rings. The third-order valence-corrected chi connectivity index (χ3v) is 20.9. The maximum Gasteiger partial charge on any atom is 0.235 e. The second-order valence-corrected chi connectivity index (χ2v) is 24.9. The molecule has 0 saturated carbocycles. The summed E-state index contributed by atoms with van der Waals surface area (Å²) in [5, 5.41) is 2.81. The summed E-state index contributed by atoms with van der Waals surface area (Å²) in [6.07, 6.45) is 1.98. The maximum absolute atomic E-state index is 15.2. The average molecular weight is 803 g/mol. The molecule has 2 aliphatic heterocycles. The van der Waals surface area contributed by atoms with E-state index in [4.69, 9.17) is 9.16 Å². The predicted molar refractivity (Wildman–Crippen MR) is 238 cm³/mol. The van der Waals surface area contributed by atoms with Crippen LogP contribution in [0.4, 0.5) is 0 Å². The van der Waals surface area contributed by atoms with Crippen molar-refractivity contribution in [3.8, 4) is 0 Å². The number of amides is 1. The van der Waals surface area contributed by atoms with Crippen LogP contribution in [0.15, 0.2) is 128 Å². The Hall–Kier alpha value is -4.17. The monoisotopic (exact) mass is 802 g/mol. The SMILES string of the molecule is C=CCCC(=O)C(N1C(=O)[C@H](C(C)O[Si](C)(C)C(C)(C)C)[C@H]1CC(=O)c1ccc(CN2CCOCC2)cc1)=P(c1ccccc1)(c1ccccc1)c1ccccc1. The number of rotatable bonds is 16. The Bertz CT molecular complexity index is 1970. The summed E-state index contributed by atoms with van der Waals surface area (Å²) < 4.78 is 12.5. The normalized spacial score (nSPS) is 18.4. The van der Waals surface area contributed by atoms with E-state index in [1.165, 1.54) is 0 Å². The van der Waals surface area contributed by atoms with Crippen LogP contribution in [0.5, 0.6) is 0 Å². The summed E-state index contributed by atoms with van der Waals surface area (Å²) in [6, 6.07) is 37.7. The molecule has 0 aliphatic carbocycles. The van der Waals surface area contributed by atoms with Crippen molar-refractivity contribution in [3.63, 3.8) is 0 Å². The van der Waals surface area contributed by atoms with Gasteiger partial charge in [-0.3, -0.25) is 19.3 Å². The van der Waals surface area contributed by atoms with Crippen molar-refractivity contribution in [3.05, 3.63) is 139 Å². The molecule has 2 heterocycles. The first-order chi connectivity index (χ1) is 27.3. The van der Waals surface area contributed by atoms with Gasteiger partial charge in [0.1, 0.15) is 0 Å². The number of likely N-dealkylation sites (tertiary alicyclic amines) is 1. The number of β-lactam (4-membered cyclic amide) rings is 1. The van der Waals surface area contributed by atoms with E-state index in [2.05, 4.69) is 81.7 Å². The van der Waals surface area contributed by atoms with Gasteiger partial charge in [-0.15, -0.1) is 6.58 Å². The lowest BCUT2D eigenvalue weighted by molar-refractivity contribution is -0.154. The van der Waals surface area contributed by atoms with E-state index < -0.39 is 33.3 Å². The Labute approximate surface area is 341 Å². The summed E-state index contributed by atoms with van der Waals surface area (Å²) in [4.78, 5) is 49.1. The summed E-state index contributed by atoms with van der Waals surface area (Å²) in [7, 11) is -2.33. The first-order valence-electron chi connectivity index (χ1n) is 20.3. The molecule has 0 bridgehead atoms. The zero-order chi connectivity index (χ0) is 40.8. The highest BCUT2D eigenvalue weighted by Crippen LogP contribution is 2.51. The van der Waals surface area contributed by atoms with E-state index in [0.717, 1.165) is 54.3 Å². The Kier molecular flexibility index (Phi) is 13.5. The van der Waals surface area contributed by atoms with E-state index in [9.17, 15) is 4.79 Å². The van der Waals surface area contributed by atoms with Gasteiger partial charge in [0.15, 0.2) is 19.9 Å². The highest BCUT2D eigenvalue weighted by molar-refractivity contribution is 7.96. The second-order valence-electron chi connectivity index (χ2n) is 16.8. The molecule has 1 amide bonds. The molecule has 7 nitrogen and oxygen atoms in total. The zero-order valence-corrected chi connectivity index (χ0v) is 36.4. The number of Topliss-reactive ketones (excluding diaryl/α,β-unsaturated/α-hetero) is 2. The number of nitrogens with zero attached hydrogens (tertiary/aromatic N) is 2. The molecule has 6 rings (SSSR count). The van der Waals surface area contributed by atoms with Crippen molar-refractivity contribution in [2.75, 3.05) is 26.3 Å². The van der Waals surface area contributed by atoms with Gasteiger partial charge in [-0.25, -0.2) is 0 Å². The molecule has 2 saturated heterocycles. The highest BCUT2D eigenvalue weighted by atomic mass is 31.2. The number of morpholine rings is 1. The van der Waals surface area contributed by atoms with Crippen molar-refractivity contribution in [2.45, 2.75) is 83.8 Å². The van der Waals surface area contributed by atoms with Gasteiger partial charge in [-0.2, -0.15) is 0 Å². The molecule has 0 aromatic heterocycles. The number of benzene rings is 4. The van der Waals surface area contributed by atoms with E-state index in [1.54, 1.807) is 11.0 Å². The minimum atomic E-state index is -3.04. The van der Waals surface area contributed by atoms with Crippen LogP contribution in [-0.2, 0) is 25.3 Å². The summed E-state index contributed by atoms with van der Waals surface area (Å²) in [5.74, 6) is -0.973. The number of ketones is 2. The van der Waals surface area contributed by atoms with Crippen LogP contribution in [0.1, 0.15) is 62.9 Å². The maximum atomic E-state index is 15.2. The molecule has 4 aromatic carbocycles. The summed E-state index contributed by atoms with van der Waals surface area (Å²) >= 11 is 0. The molecular formula is C48H59N2O5PSi. The van der Waals surface area contributed by atoms with Crippen LogP contribution in [0.25, 0.3) is 0 Å². The number of hydrogen-bond acceptors (Lipinski definition) is 6.